The van der Waals surface area contributed by atoms with Crippen LogP contribution in [0.4, 0.5) is 5.69 Å². The Hall–Kier alpha value is -0.880. The number of amides is 1. The van der Waals surface area contributed by atoms with E-state index in [1.165, 1.54) is 0 Å². The Morgan fingerprint density at radius 2 is 1.94 bits per heavy atom. The third kappa shape index (κ3) is 3.55. The first kappa shape index (κ1) is 13.5. The Balaban J connectivity index is 1.97. The van der Waals surface area contributed by atoms with Gasteiger partial charge >= 0.3 is 0 Å². The predicted octanol–water partition coefficient (Wildman–Crippen LogP) is 2.21. The lowest BCUT2D eigenvalue weighted by Crippen LogP contribution is -2.31. The second-order valence-corrected chi connectivity index (χ2v) is 7.65. The number of anilines is 1. The van der Waals surface area contributed by atoms with Crippen LogP contribution < -0.4 is 5.32 Å². The summed E-state index contributed by atoms with van der Waals surface area (Å²) in [6.07, 6.45) is 0.838. The second kappa shape index (κ2) is 5.40. The van der Waals surface area contributed by atoms with Gasteiger partial charge in [-0.2, -0.15) is 0 Å². The maximum atomic E-state index is 12.0. The van der Waals surface area contributed by atoms with Gasteiger partial charge in [0.25, 0.3) is 0 Å². The number of hydrogen-bond acceptors (Lipinski definition) is 3. The molecule has 0 aliphatic carbocycles. The monoisotopic (exact) mass is 331 g/mol. The first-order chi connectivity index (χ1) is 8.46. The standard InChI is InChI=1S/C12H14BrNO3S/c13-10-2-1-3-11(8-10)14-12(15)9-4-6-18(16,17)7-5-9/h1-3,8-9H,4-7H2,(H,14,15). The minimum absolute atomic E-state index is 0.0944. The number of carbonyl (C=O) groups excluding carboxylic acids is 1. The van der Waals surface area contributed by atoms with E-state index in [9.17, 15) is 13.2 Å². The van der Waals surface area contributed by atoms with E-state index < -0.39 is 9.84 Å². The highest BCUT2D eigenvalue weighted by molar-refractivity contribution is 9.10. The normalized spacial score (nSPS) is 19.4. The van der Waals surface area contributed by atoms with Gasteiger partial charge in [-0.3, -0.25) is 4.79 Å². The molecule has 1 aliphatic heterocycles. The summed E-state index contributed by atoms with van der Waals surface area (Å²) in [6, 6.07) is 7.34. The maximum absolute atomic E-state index is 12.0. The second-order valence-electron chi connectivity index (χ2n) is 4.43. The van der Waals surface area contributed by atoms with Crippen LogP contribution >= 0.6 is 15.9 Å². The summed E-state index contributed by atoms with van der Waals surface area (Å²) in [6.45, 7) is 0. The SMILES string of the molecule is O=C(Nc1cccc(Br)c1)C1CCS(=O)(=O)CC1. The molecular formula is C12H14BrNO3S. The number of carbonyl (C=O) groups is 1. The fourth-order valence-corrected chi connectivity index (χ4v) is 3.85. The number of rotatable bonds is 2. The molecule has 0 bridgehead atoms. The van der Waals surface area contributed by atoms with Gasteiger partial charge in [-0.05, 0) is 31.0 Å². The van der Waals surface area contributed by atoms with Crippen molar-refractivity contribution in [1.82, 2.24) is 0 Å². The molecule has 0 unspecified atom stereocenters. The van der Waals surface area contributed by atoms with Gasteiger partial charge in [0.05, 0.1) is 11.5 Å². The molecule has 0 spiro atoms. The molecular weight excluding hydrogens is 318 g/mol. The fourth-order valence-electron chi connectivity index (χ4n) is 1.96. The third-order valence-electron chi connectivity index (χ3n) is 3.02. The van der Waals surface area contributed by atoms with E-state index >= 15 is 0 Å². The van der Waals surface area contributed by atoms with Crippen molar-refractivity contribution in [2.45, 2.75) is 12.8 Å². The van der Waals surface area contributed by atoms with Gasteiger partial charge in [0.2, 0.25) is 5.91 Å². The molecule has 1 aromatic carbocycles. The topological polar surface area (TPSA) is 63.2 Å². The summed E-state index contributed by atoms with van der Waals surface area (Å²) in [5, 5.41) is 2.82. The molecule has 1 saturated heterocycles. The molecule has 6 heteroatoms. The molecule has 2 rings (SSSR count). The van der Waals surface area contributed by atoms with Gasteiger partial charge < -0.3 is 5.32 Å². The Bertz CT molecular complexity index is 542. The van der Waals surface area contributed by atoms with Crippen molar-refractivity contribution in [1.29, 1.82) is 0 Å². The molecule has 18 heavy (non-hydrogen) atoms. The zero-order valence-electron chi connectivity index (χ0n) is 9.73. The van der Waals surface area contributed by atoms with Crippen molar-refractivity contribution in [3.8, 4) is 0 Å². The fraction of sp³-hybridized carbons (Fsp3) is 0.417. The van der Waals surface area contributed by atoms with Crippen LogP contribution in [0.3, 0.4) is 0 Å². The molecule has 1 heterocycles. The maximum Gasteiger partial charge on any atom is 0.227 e. The van der Waals surface area contributed by atoms with E-state index in [0.717, 1.165) is 10.2 Å². The third-order valence-corrected chi connectivity index (χ3v) is 5.23. The lowest BCUT2D eigenvalue weighted by Gasteiger charge is -2.21. The van der Waals surface area contributed by atoms with Crippen molar-refractivity contribution >= 4 is 37.4 Å². The van der Waals surface area contributed by atoms with Crippen LogP contribution in [0, 0.1) is 5.92 Å². The van der Waals surface area contributed by atoms with Gasteiger partial charge in [-0.25, -0.2) is 8.42 Å². The molecule has 1 fully saturated rings. The highest BCUT2D eigenvalue weighted by Crippen LogP contribution is 2.22. The van der Waals surface area contributed by atoms with Crippen molar-refractivity contribution in [2.24, 2.45) is 5.92 Å². The van der Waals surface area contributed by atoms with E-state index in [1.807, 2.05) is 24.3 Å². The average Bonchev–Trinajstić information content (AvgIpc) is 2.28. The molecule has 1 N–H and O–H groups in total. The Morgan fingerprint density at radius 1 is 1.28 bits per heavy atom. The van der Waals surface area contributed by atoms with Crippen LogP contribution in [0.15, 0.2) is 28.7 Å². The summed E-state index contributed by atoms with van der Waals surface area (Å²) in [4.78, 5) is 12.0. The lowest BCUT2D eigenvalue weighted by atomic mass is 10.0. The van der Waals surface area contributed by atoms with E-state index in [2.05, 4.69) is 21.2 Å². The van der Waals surface area contributed by atoms with E-state index in [4.69, 9.17) is 0 Å². The van der Waals surface area contributed by atoms with Gasteiger partial charge in [0, 0.05) is 16.1 Å². The van der Waals surface area contributed by atoms with Crippen molar-refractivity contribution < 1.29 is 13.2 Å². The molecule has 1 aromatic rings. The minimum atomic E-state index is -2.92. The van der Waals surface area contributed by atoms with Gasteiger partial charge in [0.15, 0.2) is 0 Å². The zero-order chi connectivity index (χ0) is 13.2. The molecule has 1 aliphatic rings. The lowest BCUT2D eigenvalue weighted by molar-refractivity contribution is -0.120. The van der Waals surface area contributed by atoms with Gasteiger partial charge in [-0.1, -0.05) is 22.0 Å². The van der Waals surface area contributed by atoms with Crippen molar-refractivity contribution in [3.05, 3.63) is 28.7 Å². The number of hydrogen-bond donors (Lipinski definition) is 1. The largest absolute Gasteiger partial charge is 0.326 e. The molecule has 0 atom stereocenters. The molecule has 1 amide bonds. The molecule has 0 saturated carbocycles. The first-order valence-electron chi connectivity index (χ1n) is 5.73. The highest BCUT2D eigenvalue weighted by atomic mass is 79.9. The van der Waals surface area contributed by atoms with Crippen LogP contribution in [0.25, 0.3) is 0 Å². The van der Waals surface area contributed by atoms with Crippen LogP contribution in [0.1, 0.15) is 12.8 Å². The summed E-state index contributed by atoms with van der Waals surface area (Å²) in [5.41, 5.74) is 0.725. The summed E-state index contributed by atoms with van der Waals surface area (Å²) in [7, 11) is -2.92. The Kier molecular flexibility index (Phi) is 4.07. The molecule has 0 aromatic heterocycles. The molecule has 0 radical (unpaired) electrons. The van der Waals surface area contributed by atoms with Crippen molar-refractivity contribution in [2.75, 3.05) is 16.8 Å². The Labute approximate surface area is 115 Å². The zero-order valence-corrected chi connectivity index (χ0v) is 12.1. The summed E-state index contributed by atoms with van der Waals surface area (Å²) in [5.74, 6) is -0.0665. The van der Waals surface area contributed by atoms with Gasteiger partial charge in [0.1, 0.15) is 9.84 Å². The Morgan fingerprint density at radius 3 is 2.56 bits per heavy atom. The first-order valence-corrected chi connectivity index (χ1v) is 8.34. The van der Waals surface area contributed by atoms with Crippen LogP contribution in [0.5, 0.6) is 0 Å². The predicted molar refractivity (Wildman–Crippen MR) is 74.1 cm³/mol. The number of benzene rings is 1. The van der Waals surface area contributed by atoms with E-state index in [0.29, 0.717) is 12.8 Å². The van der Waals surface area contributed by atoms with Crippen LogP contribution in [-0.2, 0) is 14.6 Å². The summed E-state index contributed by atoms with van der Waals surface area (Å²) >= 11 is 3.33. The van der Waals surface area contributed by atoms with Crippen molar-refractivity contribution in [3.63, 3.8) is 0 Å². The number of sulfone groups is 1. The minimum Gasteiger partial charge on any atom is -0.326 e. The van der Waals surface area contributed by atoms with Crippen LogP contribution in [0.2, 0.25) is 0 Å². The average molecular weight is 332 g/mol. The number of nitrogens with one attached hydrogen (secondary N) is 1. The van der Waals surface area contributed by atoms with Crippen LogP contribution in [-0.4, -0.2) is 25.8 Å². The number of halogens is 1. The molecule has 4 nitrogen and oxygen atoms in total. The smallest absolute Gasteiger partial charge is 0.227 e. The van der Waals surface area contributed by atoms with Gasteiger partial charge in [-0.15, -0.1) is 0 Å². The van der Waals surface area contributed by atoms with E-state index in [1.54, 1.807) is 0 Å². The highest BCUT2D eigenvalue weighted by Gasteiger charge is 2.28. The molecule has 98 valence electrons. The van der Waals surface area contributed by atoms with E-state index in [-0.39, 0.29) is 23.3 Å². The summed E-state index contributed by atoms with van der Waals surface area (Å²) < 4.78 is 23.5. The quantitative estimate of drug-likeness (QED) is 0.903.